The number of aliphatic hydroxyl groups excluding tert-OH is 16. The maximum absolute atomic E-state index is 13.6. The monoisotopic (exact) mass is 1630 g/mol. The fourth-order valence-electron chi connectivity index (χ4n) is 15.4. The molecule has 5 aliphatic rings. The Morgan fingerprint density at radius 2 is 0.850 bits per heavy atom. The van der Waals surface area contributed by atoms with E-state index in [2.05, 4.69) is 29.8 Å². The third kappa shape index (κ3) is 32.6. The molecule has 0 saturated carbocycles. The number of aliphatic carboxylic acids is 1. The molecule has 0 aromatic carbocycles. The summed E-state index contributed by atoms with van der Waals surface area (Å²) in [7, 11) is 0. The molecule has 660 valence electrons. The van der Waals surface area contributed by atoms with Gasteiger partial charge in [0.25, 0.3) is 5.79 Å². The highest BCUT2D eigenvalue weighted by atomic mass is 16.8. The smallest absolute Gasteiger partial charge is 0.364 e. The first-order valence-electron chi connectivity index (χ1n) is 42.1. The van der Waals surface area contributed by atoms with Crippen LogP contribution >= 0.6 is 0 Å². The second-order valence-electron chi connectivity index (χ2n) is 31.4. The lowest BCUT2D eigenvalue weighted by Crippen LogP contribution is -2.71. The summed E-state index contributed by atoms with van der Waals surface area (Å²) in [5.74, 6) is -7.35. The average molecular weight is 1630 g/mol. The molecule has 28 atom stereocenters. The van der Waals surface area contributed by atoms with Crippen molar-refractivity contribution in [1.29, 1.82) is 0 Å². The predicted molar refractivity (Wildman–Crippen MR) is 406 cm³/mol. The molecule has 113 heavy (non-hydrogen) atoms. The lowest BCUT2D eigenvalue weighted by molar-refractivity contribution is -0.389. The normalized spacial score (nSPS) is 33.4. The Morgan fingerprint density at radius 1 is 0.460 bits per heavy atom. The summed E-state index contributed by atoms with van der Waals surface area (Å²) < 4.78 is 59.0. The largest absolute Gasteiger partial charge is 0.477 e. The van der Waals surface area contributed by atoms with E-state index in [9.17, 15) is 106 Å². The molecule has 0 spiro atoms. The van der Waals surface area contributed by atoms with E-state index in [1.165, 1.54) is 148 Å². The van der Waals surface area contributed by atoms with Crippen LogP contribution in [0.15, 0.2) is 12.2 Å². The number of carbonyl (C=O) groups is 4. The van der Waals surface area contributed by atoms with Crippen LogP contribution in [0.3, 0.4) is 0 Å². The van der Waals surface area contributed by atoms with Gasteiger partial charge in [-0.1, -0.05) is 219 Å². The van der Waals surface area contributed by atoms with E-state index in [0.29, 0.717) is 12.8 Å². The number of carboxylic acid groups (broad SMARTS) is 1. The first-order chi connectivity index (χ1) is 54.3. The number of carboxylic acids is 1. The molecule has 5 saturated heterocycles. The van der Waals surface area contributed by atoms with E-state index in [1.54, 1.807) is 6.08 Å². The second-order valence-corrected chi connectivity index (χ2v) is 31.4. The average Bonchev–Trinajstić information content (AvgIpc) is 0.749. The highest BCUT2D eigenvalue weighted by Gasteiger charge is 2.61. The van der Waals surface area contributed by atoms with E-state index < -0.39 is 235 Å². The Morgan fingerprint density at radius 3 is 1.30 bits per heavy atom. The Labute approximate surface area is 665 Å². The lowest BCUT2D eigenvalue weighted by atomic mass is 9.88. The summed E-state index contributed by atoms with van der Waals surface area (Å²) >= 11 is 0. The quantitative estimate of drug-likeness (QED) is 0.0301. The second kappa shape index (κ2) is 54.7. The van der Waals surface area contributed by atoms with Gasteiger partial charge in [0.2, 0.25) is 17.7 Å². The molecule has 0 radical (unpaired) electrons. The van der Waals surface area contributed by atoms with Gasteiger partial charge in [-0.25, -0.2) is 4.79 Å². The molecule has 0 aliphatic carbocycles. The van der Waals surface area contributed by atoms with Crippen LogP contribution in [-0.4, -0.2) is 321 Å². The van der Waals surface area contributed by atoms with Gasteiger partial charge < -0.3 is 150 Å². The summed E-state index contributed by atoms with van der Waals surface area (Å²) in [5.41, 5.74) is 0. The molecule has 5 rings (SSSR count). The molecule has 0 aromatic heterocycles. The molecule has 5 heterocycles. The number of nitrogens with one attached hydrogen (secondary N) is 3. The van der Waals surface area contributed by atoms with E-state index in [1.807, 2.05) is 6.08 Å². The molecule has 10 unspecified atom stereocenters. The predicted octanol–water partition coefficient (Wildman–Crippen LogP) is 1.30. The van der Waals surface area contributed by atoms with E-state index >= 15 is 0 Å². The van der Waals surface area contributed by atoms with Gasteiger partial charge in [0.05, 0.1) is 63.9 Å². The van der Waals surface area contributed by atoms with Gasteiger partial charge in [-0.2, -0.15) is 0 Å². The summed E-state index contributed by atoms with van der Waals surface area (Å²) in [4.78, 5) is 51.9. The third-order valence-electron chi connectivity index (χ3n) is 22.1. The van der Waals surface area contributed by atoms with E-state index in [-0.39, 0.29) is 12.3 Å². The van der Waals surface area contributed by atoms with Crippen molar-refractivity contribution in [2.24, 2.45) is 0 Å². The van der Waals surface area contributed by atoms with E-state index in [0.717, 1.165) is 65.2 Å². The number of hydrogen-bond acceptors (Lipinski definition) is 30. The van der Waals surface area contributed by atoms with Crippen molar-refractivity contribution >= 4 is 23.7 Å². The standard InChI is InChI=1S/C79H143N3O31/c1-5-7-9-11-13-15-17-19-20-21-22-23-24-25-26-28-30-32-34-36-38-40-58(93)82-50(51(90)39-37-35-33-31-29-27-18-16-14-12-10-8-6-2)47-104-75-66(99)64(97)70(56(45-86)107-75)110-76-67(100)65(98)69(57(46-87)108-76)109-74-60(81-49(4)89)71(62(95)54(43-84)105-74)111-77-68(101)73(63(96)55(44-85)106-77)113-79(78(102)103)41-52(91)59(80-48(3)88)72(112-79)61(94)53(92)42-83/h37,39,50-57,59-77,83-87,90-92,94-101H,5-36,38,40-47H2,1-4H3,(H,80,88)(H,81,89)(H,82,93)(H,102,103)/b39-37+/t50-,51+,52?,53+,54?,55?,56?,57?,59+,60?,61+,62-,63-,64+,65+,66?,67?,68?,69-,70+,71+,72?,73-,74-,75+,76-,77-,79-/m0/s1. The molecule has 5 aliphatic heterocycles. The van der Waals surface area contributed by atoms with Gasteiger partial charge >= 0.3 is 5.97 Å². The molecule has 3 amide bonds. The minimum Gasteiger partial charge on any atom is -0.477 e. The molecule has 0 bridgehead atoms. The van der Waals surface area contributed by atoms with Crippen LogP contribution in [0.25, 0.3) is 0 Å². The molecular formula is C79H143N3O31. The topological polar surface area (TPSA) is 541 Å². The van der Waals surface area contributed by atoms with E-state index in [4.69, 9.17) is 47.4 Å². The van der Waals surface area contributed by atoms with Gasteiger partial charge in [0.15, 0.2) is 25.2 Å². The van der Waals surface area contributed by atoms with Crippen molar-refractivity contribution in [3.8, 4) is 0 Å². The van der Waals surface area contributed by atoms with Crippen LogP contribution < -0.4 is 16.0 Å². The third-order valence-corrected chi connectivity index (χ3v) is 22.1. The first kappa shape index (κ1) is 100. The van der Waals surface area contributed by atoms with Crippen molar-refractivity contribution in [1.82, 2.24) is 16.0 Å². The summed E-state index contributed by atoms with van der Waals surface area (Å²) in [6, 6.07) is -4.59. The van der Waals surface area contributed by atoms with Crippen LogP contribution in [0.2, 0.25) is 0 Å². The molecule has 5 fully saturated rings. The van der Waals surface area contributed by atoms with Crippen LogP contribution in [0, 0.1) is 0 Å². The zero-order valence-electron chi connectivity index (χ0n) is 67.1. The van der Waals surface area contributed by atoms with Gasteiger partial charge in [-0.15, -0.1) is 0 Å². The van der Waals surface area contributed by atoms with Crippen LogP contribution in [0.5, 0.6) is 0 Å². The van der Waals surface area contributed by atoms with Crippen molar-refractivity contribution < 1.29 is 153 Å². The van der Waals surface area contributed by atoms with Gasteiger partial charge in [0, 0.05) is 26.7 Å². The van der Waals surface area contributed by atoms with Crippen LogP contribution in [-0.2, 0) is 66.5 Å². The zero-order valence-corrected chi connectivity index (χ0v) is 67.1. The Kier molecular flexibility index (Phi) is 48.5. The molecule has 34 nitrogen and oxygen atoms in total. The highest BCUT2D eigenvalue weighted by Crippen LogP contribution is 2.40. The Bertz CT molecular complexity index is 2610. The van der Waals surface area contributed by atoms with Gasteiger partial charge in [-0.05, 0) is 19.3 Å². The number of carbonyl (C=O) groups excluding carboxylic acids is 3. The number of hydrogen-bond donors (Lipinski definition) is 20. The minimum atomic E-state index is -3.21. The van der Waals surface area contributed by atoms with Crippen LogP contribution in [0.4, 0.5) is 0 Å². The maximum Gasteiger partial charge on any atom is 0.364 e. The fourth-order valence-corrected chi connectivity index (χ4v) is 15.4. The molecule has 0 aromatic rings. The maximum atomic E-state index is 13.6. The number of rotatable bonds is 58. The van der Waals surface area contributed by atoms with Gasteiger partial charge in [-0.3, -0.25) is 14.4 Å². The van der Waals surface area contributed by atoms with Crippen molar-refractivity contribution in [3.63, 3.8) is 0 Å². The van der Waals surface area contributed by atoms with Crippen molar-refractivity contribution in [3.05, 3.63) is 12.2 Å². The lowest BCUT2D eigenvalue weighted by Gasteiger charge is -2.51. The molecular weight excluding hydrogens is 1490 g/mol. The van der Waals surface area contributed by atoms with Crippen molar-refractivity contribution in [2.75, 3.05) is 39.6 Å². The van der Waals surface area contributed by atoms with Crippen LogP contribution in [0.1, 0.15) is 252 Å². The number of unbranched alkanes of at least 4 members (excludes halogenated alkanes) is 31. The molecule has 20 N–H and O–H groups in total. The fraction of sp³-hybridized carbons (Fsp3) is 0.924. The zero-order chi connectivity index (χ0) is 83.0. The summed E-state index contributed by atoms with van der Waals surface area (Å²) in [6.07, 6.45) is -6.17. The number of amides is 3. The SMILES string of the molecule is CCCCCCCCCCCCC/C=C/[C@@H](O)[C@H](CO[C@@H]1OC(CO)[C@@H](O[C@@H]2OC(CO)[C@H](O[C@@H]3OC(CO)[C@H](O)[C@H](O[C@@H]4OC(CO)[C@H](O)[C@H](O[C@]5(C(=O)O)CC(O)[C@@H](NC(C)=O)C([C@H](O)[C@H](O)CO)O5)C4O)C3NC(C)=O)[C@H](O)C2O)[C@H](O)C1O)NC(=O)CCCCCCCCCCCCCCCCCCCCCCC. The first-order valence-corrected chi connectivity index (χ1v) is 42.1. The Balaban J connectivity index is 1.21. The highest BCUT2D eigenvalue weighted by molar-refractivity contribution is 5.77. The summed E-state index contributed by atoms with van der Waals surface area (Å²) in [6.45, 7) is 0.676. The minimum absolute atomic E-state index is 0.178. The summed E-state index contributed by atoms with van der Waals surface area (Å²) in [5, 5.41) is 196. The Hall–Kier alpha value is -3.42. The number of aliphatic hydroxyl groups is 16. The number of ether oxygens (including phenoxy) is 10. The van der Waals surface area contributed by atoms with Crippen molar-refractivity contribution in [2.45, 2.75) is 424 Å². The molecule has 34 heteroatoms. The van der Waals surface area contributed by atoms with Gasteiger partial charge in [0.1, 0.15) is 116 Å². The number of allylic oxidation sites excluding steroid dienone is 1.